The summed E-state index contributed by atoms with van der Waals surface area (Å²) in [7, 11) is 0. The van der Waals surface area contributed by atoms with E-state index in [9.17, 15) is 0 Å². The van der Waals surface area contributed by atoms with Crippen molar-refractivity contribution in [2.24, 2.45) is 0 Å². The van der Waals surface area contributed by atoms with Crippen LogP contribution in [-0.4, -0.2) is 11.7 Å². The van der Waals surface area contributed by atoms with Gasteiger partial charge >= 0.3 is 0 Å². The van der Waals surface area contributed by atoms with Gasteiger partial charge in [-0.15, -0.1) is 0 Å². The van der Waals surface area contributed by atoms with Crippen molar-refractivity contribution in [3.05, 3.63) is 65.0 Å². The lowest BCUT2D eigenvalue weighted by Gasteiger charge is -2.27. The van der Waals surface area contributed by atoms with Gasteiger partial charge in [0.15, 0.2) is 0 Å². The maximum atomic E-state index is 9.02. The van der Waals surface area contributed by atoms with E-state index in [1.807, 2.05) is 31.2 Å². The number of hydrogen-bond acceptors (Lipinski definition) is 4. The van der Waals surface area contributed by atoms with Crippen molar-refractivity contribution in [3.8, 4) is 17.2 Å². The molecular formula is C20H17N3O. The van der Waals surface area contributed by atoms with Crippen LogP contribution in [0.1, 0.15) is 22.6 Å². The summed E-state index contributed by atoms with van der Waals surface area (Å²) < 4.78 is 5.56. The van der Waals surface area contributed by atoms with Gasteiger partial charge in [0, 0.05) is 29.8 Å². The van der Waals surface area contributed by atoms with Gasteiger partial charge in [0.25, 0.3) is 0 Å². The number of aryl methyl sites for hydroxylation is 2. The van der Waals surface area contributed by atoms with Gasteiger partial charge in [-0.05, 0) is 43.7 Å². The average Bonchev–Trinajstić information content (AvgIpc) is 2.87. The molecule has 2 heterocycles. The normalized spacial score (nSPS) is 13.0. The van der Waals surface area contributed by atoms with Crippen molar-refractivity contribution in [3.63, 3.8) is 0 Å². The number of aromatic nitrogens is 1. The molecule has 1 aromatic heterocycles. The van der Waals surface area contributed by atoms with Gasteiger partial charge < -0.3 is 9.42 Å². The first kappa shape index (κ1) is 14.5. The summed E-state index contributed by atoms with van der Waals surface area (Å²) in [6.07, 6.45) is 0.796. The Morgan fingerprint density at radius 1 is 1.12 bits per heavy atom. The van der Waals surface area contributed by atoms with E-state index in [4.69, 9.17) is 9.78 Å². The first-order valence-electron chi connectivity index (χ1n) is 8.02. The molecule has 4 heteroatoms. The molecule has 3 aromatic rings. The van der Waals surface area contributed by atoms with E-state index in [-0.39, 0.29) is 0 Å². The summed E-state index contributed by atoms with van der Waals surface area (Å²) in [6, 6.07) is 16.3. The number of para-hydroxylation sites is 1. The fraction of sp³-hybridized carbons (Fsp3) is 0.200. The highest BCUT2D eigenvalue weighted by Gasteiger charge is 2.26. The number of nitrogens with zero attached hydrogens (tertiary/aromatic N) is 3. The number of hydrogen-bond donors (Lipinski definition) is 0. The third-order valence-corrected chi connectivity index (χ3v) is 4.58. The summed E-state index contributed by atoms with van der Waals surface area (Å²) in [5.41, 5.74) is 7.36. The monoisotopic (exact) mass is 315 g/mol. The largest absolute Gasteiger partial charge is 0.360 e. The molecule has 0 N–H and O–H groups in total. The fourth-order valence-corrected chi connectivity index (χ4v) is 3.45. The Balaban J connectivity index is 1.92. The lowest BCUT2D eigenvalue weighted by atomic mass is 9.99. The maximum absolute atomic E-state index is 9.02. The molecule has 0 saturated carbocycles. The summed E-state index contributed by atoms with van der Waals surface area (Å²) in [4.78, 5) is 2.31. The second-order valence-corrected chi connectivity index (χ2v) is 6.10. The molecule has 0 saturated heterocycles. The van der Waals surface area contributed by atoms with Crippen molar-refractivity contribution in [1.82, 2.24) is 5.16 Å². The SMILES string of the molecule is Cc1cccc2c1N(c1ccc(C#N)cc1)CCc1onc(C)c1-2. The van der Waals surface area contributed by atoms with E-state index >= 15 is 0 Å². The van der Waals surface area contributed by atoms with Gasteiger partial charge in [0.2, 0.25) is 0 Å². The number of fused-ring (bicyclic) bond motifs is 3. The minimum absolute atomic E-state index is 0.672. The van der Waals surface area contributed by atoms with Crippen LogP contribution in [0.4, 0.5) is 11.4 Å². The highest BCUT2D eigenvalue weighted by Crippen LogP contribution is 2.42. The molecule has 0 aliphatic carbocycles. The number of nitriles is 1. The predicted molar refractivity (Wildman–Crippen MR) is 93.3 cm³/mol. The molecule has 0 radical (unpaired) electrons. The zero-order valence-corrected chi connectivity index (χ0v) is 13.7. The number of anilines is 2. The highest BCUT2D eigenvalue weighted by atomic mass is 16.5. The minimum atomic E-state index is 0.672. The van der Waals surface area contributed by atoms with Gasteiger partial charge in [-0.25, -0.2) is 0 Å². The quantitative estimate of drug-likeness (QED) is 0.662. The molecule has 0 unspecified atom stereocenters. The van der Waals surface area contributed by atoms with Crippen LogP contribution in [0.25, 0.3) is 11.1 Å². The lowest BCUT2D eigenvalue weighted by molar-refractivity contribution is 0.381. The summed E-state index contributed by atoms with van der Waals surface area (Å²) >= 11 is 0. The molecule has 118 valence electrons. The van der Waals surface area contributed by atoms with E-state index in [1.54, 1.807) is 0 Å². The van der Waals surface area contributed by atoms with E-state index in [1.165, 1.54) is 11.3 Å². The van der Waals surface area contributed by atoms with E-state index < -0.39 is 0 Å². The standard InChI is InChI=1S/C20H17N3O/c1-13-4-3-5-17-19-14(2)22-24-18(19)10-11-23(20(13)17)16-8-6-15(12-21)7-9-16/h3-9H,10-11H2,1-2H3. The molecule has 0 fully saturated rings. The number of rotatable bonds is 1. The fourth-order valence-electron chi connectivity index (χ4n) is 3.45. The first-order valence-corrected chi connectivity index (χ1v) is 8.02. The van der Waals surface area contributed by atoms with Gasteiger partial charge in [-0.3, -0.25) is 0 Å². The molecule has 1 aliphatic rings. The van der Waals surface area contributed by atoms with Crippen LogP contribution in [0, 0.1) is 25.2 Å². The van der Waals surface area contributed by atoms with Crippen LogP contribution in [0.15, 0.2) is 47.0 Å². The van der Waals surface area contributed by atoms with Crippen LogP contribution in [-0.2, 0) is 6.42 Å². The van der Waals surface area contributed by atoms with Crippen molar-refractivity contribution in [2.45, 2.75) is 20.3 Å². The highest BCUT2D eigenvalue weighted by molar-refractivity contribution is 5.87. The molecule has 0 spiro atoms. The van der Waals surface area contributed by atoms with E-state index in [0.717, 1.165) is 41.2 Å². The van der Waals surface area contributed by atoms with Crippen molar-refractivity contribution in [1.29, 1.82) is 5.26 Å². The predicted octanol–water partition coefficient (Wildman–Crippen LogP) is 4.52. The zero-order chi connectivity index (χ0) is 16.7. The topological polar surface area (TPSA) is 53.1 Å². The molecule has 0 amide bonds. The maximum Gasteiger partial charge on any atom is 0.146 e. The molecule has 0 bridgehead atoms. The van der Waals surface area contributed by atoms with Crippen LogP contribution in [0.3, 0.4) is 0 Å². The van der Waals surface area contributed by atoms with Crippen LogP contribution in [0.2, 0.25) is 0 Å². The minimum Gasteiger partial charge on any atom is -0.360 e. The van der Waals surface area contributed by atoms with Crippen LogP contribution >= 0.6 is 0 Å². The third-order valence-electron chi connectivity index (χ3n) is 4.58. The van der Waals surface area contributed by atoms with Gasteiger partial charge in [-0.2, -0.15) is 5.26 Å². The summed E-state index contributed by atoms with van der Waals surface area (Å²) in [6.45, 7) is 4.93. The molecule has 2 aromatic carbocycles. The first-order chi connectivity index (χ1) is 11.7. The Bertz CT molecular complexity index is 948. The number of benzene rings is 2. The molecule has 0 atom stereocenters. The van der Waals surface area contributed by atoms with Crippen LogP contribution in [0.5, 0.6) is 0 Å². The Morgan fingerprint density at radius 2 is 1.92 bits per heavy atom. The Hall–Kier alpha value is -3.06. The molecule has 4 nitrogen and oxygen atoms in total. The third kappa shape index (κ3) is 2.17. The molecular weight excluding hydrogens is 298 g/mol. The van der Waals surface area contributed by atoms with Gasteiger partial charge in [0.05, 0.1) is 23.0 Å². The molecule has 4 rings (SSSR count). The average molecular weight is 315 g/mol. The van der Waals surface area contributed by atoms with Crippen molar-refractivity contribution < 1.29 is 4.52 Å². The summed E-state index contributed by atoms with van der Waals surface area (Å²) in [5.74, 6) is 0.940. The van der Waals surface area contributed by atoms with Gasteiger partial charge in [-0.1, -0.05) is 23.4 Å². The molecule has 1 aliphatic heterocycles. The van der Waals surface area contributed by atoms with Crippen molar-refractivity contribution in [2.75, 3.05) is 11.4 Å². The molecule has 24 heavy (non-hydrogen) atoms. The zero-order valence-electron chi connectivity index (χ0n) is 13.7. The summed E-state index contributed by atoms with van der Waals surface area (Å²) in [5, 5.41) is 13.2. The second kappa shape index (κ2) is 5.54. The van der Waals surface area contributed by atoms with E-state index in [2.05, 4.69) is 41.2 Å². The Labute approximate surface area is 140 Å². The van der Waals surface area contributed by atoms with Gasteiger partial charge in [0.1, 0.15) is 5.76 Å². The van der Waals surface area contributed by atoms with Crippen LogP contribution < -0.4 is 4.90 Å². The Kier molecular flexibility index (Phi) is 3.35. The smallest absolute Gasteiger partial charge is 0.146 e. The lowest BCUT2D eigenvalue weighted by Crippen LogP contribution is -2.20. The second-order valence-electron chi connectivity index (χ2n) is 6.10. The van der Waals surface area contributed by atoms with Crippen molar-refractivity contribution >= 4 is 11.4 Å². The van der Waals surface area contributed by atoms with E-state index in [0.29, 0.717) is 5.56 Å². The Morgan fingerprint density at radius 3 is 2.67 bits per heavy atom.